The summed E-state index contributed by atoms with van der Waals surface area (Å²) < 4.78 is 0. The van der Waals surface area contributed by atoms with Crippen LogP contribution in [0.3, 0.4) is 0 Å². The average Bonchev–Trinajstić information content (AvgIpc) is 2.80. The number of aromatic nitrogens is 4. The van der Waals surface area contributed by atoms with Crippen LogP contribution < -0.4 is 16.6 Å². The molecule has 2 heterocycles. The number of rotatable bonds is 5. The zero-order valence-electron chi connectivity index (χ0n) is 10.9. The number of carbonyl (C=O) groups is 1. The molecular formula is C12H15N5O3. The van der Waals surface area contributed by atoms with E-state index in [2.05, 4.69) is 20.5 Å². The fourth-order valence-corrected chi connectivity index (χ4v) is 1.78. The Morgan fingerprint density at radius 2 is 2.20 bits per heavy atom. The SMILES string of the molecule is Cc1[nH]ncc1CCCNC(=O)c1c[nH]c(=O)[nH]c1=O. The summed E-state index contributed by atoms with van der Waals surface area (Å²) in [6, 6.07) is 0. The van der Waals surface area contributed by atoms with Crippen LogP contribution in [0.15, 0.2) is 22.0 Å². The molecule has 106 valence electrons. The van der Waals surface area contributed by atoms with E-state index >= 15 is 0 Å². The molecule has 2 aromatic rings. The van der Waals surface area contributed by atoms with Crippen LogP contribution in [0.1, 0.15) is 28.0 Å². The maximum absolute atomic E-state index is 11.7. The molecule has 20 heavy (non-hydrogen) atoms. The summed E-state index contributed by atoms with van der Waals surface area (Å²) in [5.41, 5.74) is 0.664. The summed E-state index contributed by atoms with van der Waals surface area (Å²) in [6.07, 6.45) is 4.37. The molecule has 8 nitrogen and oxygen atoms in total. The summed E-state index contributed by atoms with van der Waals surface area (Å²) >= 11 is 0. The Hall–Kier alpha value is -2.64. The minimum Gasteiger partial charge on any atom is -0.352 e. The normalized spacial score (nSPS) is 10.4. The van der Waals surface area contributed by atoms with Crippen molar-refractivity contribution in [3.63, 3.8) is 0 Å². The van der Waals surface area contributed by atoms with E-state index in [0.29, 0.717) is 6.54 Å². The minimum atomic E-state index is -0.697. The van der Waals surface area contributed by atoms with E-state index < -0.39 is 17.2 Å². The molecule has 0 fully saturated rings. The highest BCUT2D eigenvalue weighted by molar-refractivity contribution is 5.93. The summed E-state index contributed by atoms with van der Waals surface area (Å²) in [4.78, 5) is 38.2. The highest BCUT2D eigenvalue weighted by atomic mass is 16.2. The first-order valence-electron chi connectivity index (χ1n) is 6.17. The number of nitrogens with zero attached hydrogens (tertiary/aromatic N) is 1. The molecule has 0 aliphatic heterocycles. The van der Waals surface area contributed by atoms with Gasteiger partial charge >= 0.3 is 5.69 Å². The van der Waals surface area contributed by atoms with Crippen molar-refractivity contribution in [3.05, 3.63) is 50.1 Å². The molecule has 0 radical (unpaired) electrons. The highest BCUT2D eigenvalue weighted by Gasteiger charge is 2.10. The lowest BCUT2D eigenvalue weighted by atomic mass is 10.1. The van der Waals surface area contributed by atoms with Gasteiger partial charge < -0.3 is 10.3 Å². The first-order chi connectivity index (χ1) is 9.58. The van der Waals surface area contributed by atoms with Gasteiger partial charge in [0.1, 0.15) is 5.56 Å². The first kappa shape index (κ1) is 13.8. The Balaban J connectivity index is 1.85. The topological polar surface area (TPSA) is 123 Å². The monoisotopic (exact) mass is 277 g/mol. The standard InChI is InChI=1S/C12H15N5O3/c1-7-8(5-15-17-7)3-2-4-13-10(18)9-6-14-12(20)16-11(9)19/h5-6H,2-4H2,1H3,(H,13,18)(H,15,17)(H2,14,16,19,20). The molecule has 4 N–H and O–H groups in total. The van der Waals surface area contributed by atoms with Gasteiger partial charge in [0.2, 0.25) is 0 Å². The molecule has 0 atom stereocenters. The van der Waals surface area contributed by atoms with Crippen LogP contribution in [0.4, 0.5) is 0 Å². The van der Waals surface area contributed by atoms with Crippen molar-refractivity contribution in [2.75, 3.05) is 6.54 Å². The second kappa shape index (κ2) is 6.00. The second-order valence-electron chi connectivity index (χ2n) is 4.37. The molecular weight excluding hydrogens is 262 g/mol. The Morgan fingerprint density at radius 3 is 2.85 bits per heavy atom. The first-order valence-corrected chi connectivity index (χ1v) is 6.17. The lowest BCUT2D eigenvalue weighted by molar-refractivity contribution is 0.0951. The van der Waals surface area contributed by atoms with Crippen LogP contribution in [0.5, 0.6) is 0 Å². The number of nitrogens with one attached hydrogen (secondary N) is 4. The summed E-state index contributed by atoms with van der Waals surface area (Å²) in [5, 5.41) is 9.38. The van der Waals surface area contributed by atoms with Gasteiger partial charge in [-0.3, -0.25) is 19.7 Å². The fraction of sp³-hybridized carbons (Fsp3) is 0.333. The van der Waals surface area contributed by atoms with E-state index in [4.69, 9.17) is 0 Å². The van der Waals surface area contributed by atoms with E-state index in [1.54, 1.807) is 6.20 Å². The molecule has 0 saturated carbocycles. The van der Waals surface area contributed by atoms with Crippen molar-refractivity contribution < 1.29 is 4.79 Å². The molecule has 0 bridgehead atoms. The highest BCUT2D eigenvalue weighted by Crippen LogP contribution is 2.04. The van der Waals surface area contributed by atoms with Crippen molar-refractivity contribution in [1.29, 1.82) is 0 Å². The number of H-pyrrole nitrogens is 3. The number of hydrogen-bond donors (Lipinski definition) is 4. The van der Waals surface area contributed by atoms with E-state index in [9.17, 15) is 14.4 Å². The predicted octanol–water partition coefficient (Wildman–Crippen LogP) is -0.543. The Bertz CT molecular complexity index is 712. The Morgan fingerprint density at radius 1 is 1.40 bits per heavy atom. The maximum Gasteiger partial charge on any atom is 0.325 e. The predicted molar refractivity (Wildman–Crippen MR) is 71.7 cm³/mol. The lowest BCUT2D eigenvalue weighted by Gasteiger charge is -2.04. The van der Waals surface area contributed by atoms with Crippen LogP contribution in [-0.2, 0) is 6.42 Å². The van der Waals surface area contributed by atoms with Gasteiger partial charge in [-0.15, -0.1) is 0 Å². The van der Waals surface area contributed by atoms with Gasteiger partial charge in [-0.1, -0.05) is 0 Å². The molecule has 0 spiro atoms. The largest absolute Gasteiger partial charge is 0.352 e. The fourth-order valence-electron chi connectivity index (χ4n) is 1.78. The van der Waals surface area contributed by atoms with Gasteiger partial charge in [0.05, 0.1) is 6.20 Å². The third-order valence-corrected chi connectivity index (χ3v) is 2.91. The lowest BCUT2D eigenvalue weighted by Crippen LogP contribution is -2.33. The van der Waals surface area contributed by atoms with Gasteiger partial charge in [0, 0.05) is 18.4 Å². The molecule has 8 heteroatoms. The van der Waals surface area contributed by atoms with Crippen molar-refractivity contribution in [3.8, 4) is 0 Å². The van der Waals surface area contributed by atoms with Gasteiger partial charge in [0.25, 0.3) is 11.5 Å². The number of carbonyl (C=O) groups excluding carboxylic acids is 1. The third kappa shape index (κ3) is 3.22. The summed E-state index contributed by atoms with van der Waals surface area (Å²) in [6.45, 7) is 2.36. The zero-order valence-corrected chi connectivity index (χ0v) is 10.9. The molecule has 0 saturated heterocycles. The summed E-state index contributed by atoms with van der Waals surface area (Å²) in [5.74, 6) is -0.508. The summed E-state index contributed by atoms with van der Waals surface area (Å²) in [7, 11) is 0. The van der Waals surface area contributed by atoms with E-state index in [1.807, 2.05) is 11.9 Å². The minimum absolute atomic E-state index is 0.107. The Labute approximate surface area is 113 Å². The molecule has 0 aliphatic rings. The zero-order chi connectivity index (χ0) is 14.5. The van der Waals surface area contributed by atoms with Crippen LogP contribution >= 0.6 is 0 Å². The van der Waals surface area contributed by atoms with Crippen molar-refractivity contribution in [2.24, 2.45) is 0 Å². The number of amides is 1. The number of hydrogen-bond acceptors (Lipinski definition) is 4. The van der Waals surface area contributed by atoms with Crippen molar-refractivity contribution in [1.82, 2.24) is 25.5 Å². The van der Waals surface area contributed by atoms with Crippen LogP contribution in [-0.4, -0.2) is 32.6 Å². The molecule has 0 aromatic carbocycles. The van der Waals surface area contributed by atoms with E-state index in [0.717, 1.165) is 30.3 Å². The van der Waals surface area contributed by atoms with Crippen molar-refractivity contribution >= 4 is 5.91 Å². The Kier molecular flexibility index (Phi) is 4.14. The van der Waals surface area contributed by atoms with Crippen LogP contribution in [0, 0.1) is 6.92 Å². The quantitative estimate of drug-likeness (QED) is 0.548. The molecule has 1 amide bonds. The van der Waals surface area contributed by atoms with Gasteiger partial charge in [0.15, 0.2) is 0 Å². The van der Waals surface area contributed by atoms with Crippen molar-refractivity contribution in [2.45, 2.75) is 19.8 Å². The van der Waals surface area contributed by atoms with E-state index in [-0.39, 0.29) is 5.56 Å². The van der Waals surface area contributed by atoms with Gasteiger partial charge in [-0.2, -0.15) is 5.10 Å². The maximum atomic E-state index is 11.7. The smallest absolute Gasteiger partial charge is 0.325 e. The van der Waals surface area contributed by atoms with Gasteiger partial charge in [-0.25, -0.2) is 4.79 Å². The molecule has 2 aromatic heterocycles. The molecule has 0 aliphatic carbocycles. The molecule has 2 rings (SSSR count). The van der Waals surface area contributed by atoms with Crippen LogP contribution in [0.2, 0.25) is 0 Å². The average molecular weight is 277 g/mol. The molecule has 0 unspecified atom stereocenters. The number of aromatic amines is 3. The van der Waals surface area contributed by atoms with Gasteiger partial charge in [-0.05, 0) is 25.3 Å². The van der Waals surface area contributed by atoms with Crippen LogP contribution in [0.25, 0.3) is 0 Å². The second-order valence-corrected chi connectivity index (χ2v) is 4.37. The third-order valence-electron chi connectivity index (χ3n) is 2.91. The van der Waals surface area contributed by atoms with E-state index in [1.165, 1.54) is 0 Å². The number of aryl methyl sites for hydroxylation is 2.